The highest BCUT2D eigenvalue weighted by molar-refractivity contribution is 6.09. The average molecular weight is 350 g/mol. The van der Waals surface area contributed by atoms with E-state index in [0.29, 0.717) is 28.3 Å². The van der Waals surface area contributed by atoms with Crippen molar-refractivity contribution in [2.45, 2.75) is 0 Å². The number of ketones is 1. The van der Waals surface area contributed by atoms with Crippen molar-refractivity contribution in [2.24, 2.45) is 0 Å². The molecule has 2 aromatic carbocycles. The lowest BCUT2D eigenvalue weighted by Gasteiger charge is -2.11. The van der Waals surface area contributed by atoms with Gasteiger partial charge in [-0.1, -0.05) is 0 Å². The van der Waals surface area contributed by atoms with Crippen LogP contribution >= 0.6 is 0 Å². The number of anilines is 1. The Kier molecular flexibility index (Phi) is 4.75. The Bertz CT molecular complexity index is 990. The maximum Gasteiger partial charge on any atom is 0.278 e. The van der Waals surface area contributed by atoms with Crippen LogP contribution in [0, 0.1) is 0 Å². The lowest BCUT2D eigenvalue weighted by molar-refractivity contribution is 0.103. The summed E-state index contributed by atoms with van der Waals surface area (Å²) in [7, 11) is 3.12. The number of nitrogens with two attached hydrogens (primary N) is 1. The van der Waals surface area contributed by atoms with E-state index >= 15 is 0 Å². The Hall–Kier alpha value is -3.54. The molecule has 0 amide bonds. The number of carbonyl (C=O) groups is 1. The molecule has 0 saturated carbocycles. The predicted octanol–water partition coefficient (Wildman–Crippen LogP) is 2.67. The zero-order valence-electron chi connectivity index (χ0n) is 14.4. The molecule has 3 rings (SSSR count). The van der Waals surface area contributed by atoms with Crippen molar-refractivity contribution < 1.29 is 14.3 Å². The zero-order chi connectivity index (χ0) is 18.7. The molecular weight excluding hydrogens is 332 g/mol. The van der Waals surface area contributed by atoms with Crippen molar-refractivity contribution in [1.29, 1.82) is 0 Å². The molecule has 26 heavy (non-hydrogen) atoms. The molecule has 0 aliphatic carbocycles. The summed E-state index contributed by atoms with van der Waals surface area (Å²) >= 11 is 0. The van der Waals surface area contributed by atoms with Crippen LogP contribution in [-0.2, 0) is 0 Å². The molecule has 1 heterocycles. The highest BCUT2D eigenvalue weighted by Crippen LogP contribution is 2.18. The van der Waals surface area contributed by atoms with Gasteiger partial charge in [0, 0.05) is 23.0 Å². The van der Waals surface area contributed by atoms with Crippen LogP contribution in [0.3, 0.4) is 0 Å². The van der Waals surface area contributed by atoms with Crippen molar-refractivity contribution in [3.05, 3.63) is 82.3 Å². The summed E-state index contributed by atoms with van der Waals surface area (Å²) in [6.45, 7) is 0. The van der Waals surface area contributed by atoms with E-state index in [9.17, 15) is 9.59 Å². The Morgan fingerprint density at radius 2 is 1.42 bits per heavy atom. The summed E-state index contributed by atoms with van der Waals surface area (Å²) in [5, 5.41) is 0. The number of rotatable bonds is 5. The number of pyridine rings is 1. The van der Waals surface area contributed by atoms with E-state index in [0.717, 1.165) is 0 Å². The van der Waals surface area contributed by atoms with Gasteiger partial charge in [0.1, 0.15) is 11.5 Å². The monoisotopic (exact) mass is 350 g/mol. The molecule has 0 aliphatic heterocycles. The molecule has 0 spiro atoms. The molecule has 0 radical (unpaired) electrons. The van der Waals surface area contributed by atoms with Crippen LogP contribution in [0.25, 0.3) is 5.69 Å². The highest BCUT2D eigenvalue weighted by Gasteiger charge is 2.14. The van der Waals surface area contributed by atoms with Crippen molar-refractivity contribution in [3.63, 3.8) is 0 Å². The van der Waals surface area contributed by atoms with Crippen molar-refractivity contribution in [2.75, 3.05) is 20.0 Å². The Morgan fingerprint density at radius 1 is 0.885 bits per heavy atom. The number of nitrogen functional groups attached to an aromatic ring is 1. The van der Waals surface area contributed by atoms with E-state index in [1.807, 2.05) is 0 Å². The van der Waals surface area contributed by atoms with Crippen LogP contribution in [0.4, 0.5) is 5.69 Å². The fourth-order valence-electron chi connectivity index (χ4n) is 2.57. The number of hydrogen-bond acceptors (Lipinski definition) is 5. The van der Waals surface area contributed by atoms with Gasteiger partial charge in [-0.3, -0.25) is 14.2 Å². The van der Waals surface area contributed by atoms with E-state index in [-0.39, 0.29) is 17.0 Å². The minimum absolute atomic E-state index is 0.000166. The van der Waals surface area contributed by atoms with Gasteiger partial charge in [0.25, 0.3) is 5.56 Å². The van der Waals surface area contributed by atoms with E-state index in [4.69, 9.17) is 15.2 Å². The molecule has 6 nitrogen and oxygen atoms in total. The molecule has 0 bridgehead atoms. The molecule has 0 aliphatic rings. The van der Waals surface area contributed by atoms with Crippen molar-refractivity contribution in [1.82, 2.24) is 4.57 Å². The normalized spacial score (nSPS) is 10.4. The molecule has 6 heteroatoms. The first-order valence-electron chi connectivity index (χ1n) is 7.89. The largest absolute Gasteiger partial charge is 0.497 e. The van der Waals surface area contributed by atoms with Crippen molar-refractivity contribution >= 4 is 11.5 Å². The molecule has 0 saturated heterocycles. The summed E-state index contributed by atoms with van der Waals surface area (Å²) in [6.07, 6.45) is 1.49. The van der Waals surface area contributed by atoms with Gasteiger partial charge in [-0.15, -0.1) is 0 Å². The van der Waals surface area contributed by atoms with Gasteiger partial charge >= 0.3 is 0 Å². The zero-order valence-corrected chi connectivity index (χ0v) is 14.4. The Labute approximate surface area is 150 Å². The molecule has 2 N–H and O–H groups in total. The maximum absolute atomic E-state index is 12.8. The fourth-order valence-corrected chi connectivity index (χ4v) is 2.57. The minimum Gasteiger partial charge on any atom is -0.497 e. The smallest absolute Gasteiger partial charge is 0.278 e. The highest BCUT2D eigenvalue weighted by atomic mass is 16.5. The first-order valence-corrected chi connectivity index (χ1v) is 7.89. The van der Waals surface area contributed by atoms with Crippen LogP contribution in [0.5, 0.6) is 11.5 Å². The molecule has 1 aromatic heterocycles. The van der Waals surface area contributed by atoms with Crippen LogP contribution in [0.1, 0.15) is 15.9 Å². The third kappa shape index (κ3) is 3.30. The Balaban J connectivity index is 2.03. The second-order valence-corrected chi connectivity index (χ2v) is 5.61. The second kappa shape index (κ2) is 7.14. The first kappa shape index (κ1) is 17.3. The number of nitrogens with zero attached hydrogens (tertiary/aromatic N) is 1. The first-order chi connectivity index (χ1) is 12.5. The predicted molar refractivity (Wildman–Crippen MR) is 99.4 cm³/mol. The minimum atomic E-state index is -0.388. The molecule has 3 aromatic rings. The van der Waals surface area contributed by atoms with Crippen LogP contribution in [0.2, 0.25) is 0 Å². The number of hydrogen-bond donors (Lipinski definition) is 1. The maximum atomic E-state index is 12.8. The Morgan fingerprint density at radius 3 is 1.96 bits per heavy atom. The average Bonchev–Trinajstić information content (AvgIpc) is 2.69. The number of ether oxygens (including phenoxy) is 2. The van der Waals surface area contributed by atoms with Gasteiger partial charge in [0.05, 0.1) is 19.9 Å². The SMILES string of the molecule is COc1ccc(C(=O)c2cc(N)c(=O)n(-c3ccc(OC)cc3)c2)cc1. The number of benzene rings is 2. The topological polar surface area (TPSA) is 83.5 Å². The third-order valence-electron chi connectivity index (χ3n) is 4.01. The van der Waals surface area contributed by atoms with Gasteiger partial charge in [-0.05, 0) is 54.6 Å². The van der Waals surface area contributed by atoms with Crippen LogP contribution < -0.4 is 20.8 Å². The molecule has 132 valence electrons. The number of carbonyl (C=O) groups excluding carboxylic acids is 1. The summed E-state index contributed by atoms with van der Waals surface area (Å²) in [6, 6.07) is 15.1. The van der Waals surface area contributed by atoms with Gasteiger partial charge in [0.2, 0.25) is 0 Å². The fraction of sp³-hybridized carbons (Fsp3) is 0.100. The second-order valence-electron chi connectivity index (χ2n) is 5.61. The lowest BCUT2D eigenvalue weighted by Crippen LogP contribution is -2.23. The standard InChI is InChI=1S/C20H18N2O4/c1-25-16-7-3-13(4-8-16)19(23)14-11-18(21)20(24)22(12-14)15-5-9-17(26-2)10-6-15/h3-12H,21H2,1-2H3. The summed E-state index contributed by atoms with van der Waals surface area (Å²) in [5.41, 5.74) is 6.85. The van der Waals surface area contributed by atoms with Crippen LogP contribution in [-0.4, -0.2) is 24.6 Å². The van der Waals surface area contributed by atoms with Gasteiger partial charge in [-0.25, -0.2) is 0 Å². The number of methoxy groups -OCH3 is 2. The van der Waals surface area contributed by atoms with Crippen molar-refractivity contribution in [3.8, 4) is 17.2 Å². The van der Waals surface area contributed by atoms with E-state index in [2.05, 4.69) is 0 Å². The lowest BCUT2D eigenvalue weighted by atomic mass is 10.0. The summed E-state index contributed by atoms with van der Waals surface area (Å²) < 4.78 is 11.6. The van der Waals surface area contributed by atoms with E-state index in [1.165, 1.54) is 16.8 Å². The number of aromatic nitrogens is 1. The molecule has 0 atom stereocenters. The quantitative estimate of drug-likeness (QED) is 0.715. The molecule has 0 fully saturated rings. The molecular formula is C20H18N2O4. The summed E-state index contributed by atoms with van der Waals surface area (Å²) in [5.74, 6) is 1.09. The summed E-state index contributed by atoms with van der Waals surface area (Å²) in [4.78, 5) is 25.2. The van der Waals surface area contributed by atoms with E-state index in [1.54, 1.807) is 62.8 Å². The van der Waals surface area contributed by atoms with Crippen LogP contribution in [0.15, 0.2) is 65.6 Å². The van der Waals surface area contributed by atoms with Gasteiger partial charge < -0.3 is 15.2 Å². The van der Waals surface area contributed by atoms with Gasteiger partial charge in [-0.2, -0.15) is 0 Å². The third-order valence-corrected chi connectivity index (χ3v) is 4.01. The molecule has 0 unspecified atom stereocenters. The van der Waals surface area contributed by atoms with E-state index < -0.39 is 0 Å². The van der Waals surface area contributed by atoms with Gasteiger partial charge in [0.15, 0.2) is 5.78 Å².